The highest BCUT2D eigenvalue weighted by Gasteiger charge is 2.26. The van der Waals surface area contributed by atoms with E-state index in [9.17, 15) is 4.79 Å². The summed E-state index contributed by atoms with van der Waals surface area (Å²) in [6, 6.07) is 9.31. The van der Waals surface area contributed by atoms with Gasteiger partial charge in [-0.2, -0.15) is 0 Å². The minimum absolute atomic E-state index is 0.132. The molecule has 0 spiro atoms. The lowest BCUT2D eigenvalue weighted by Crippen LogP contribution is -2.38. The zero-order valence-corrected chi connectivity index (χ0v) is 16.1. The second-order valence-corrected chi connectivity index (χ2v) is 7.58. The largest absolute Gasteiger partial charge is 0.367 e. The monoisotopic (exact) mass is 368 g/mol. The minimum Gasteiger partial charge on any atom is -0.367 e. The van der Waals surface area contributed by atoms with Crippen molar-refractivity contribution in [2.45, 2.75) is 45.2 Å². The summed E-state index contributed by atoms with van der Waals surface area (Å²) in [5.74, 6) is -0.132. The van der Waals surface area contributed by atoms with E-state index in [0.29, 0.717) is 24.3 Å². The van der Waals surface area contributed by atoms with Crippen LogP contribution in [0.1, 0.15) is 47.6 Å². The van der Waals surface area contributed by atoms with E-state index in [1.54, 1.807) is 0 Å². The molecule has 7 heteroatoms. The van der Waals surface area contributed by atoms with Crippen molar-refractivity contribution in [3.63, 3.8) is 0 Å². The number of carbonyl (C=O) groups is 1. The number of aromatic nitrogens is 3. The van der Waals surface area contributed by atoms with Crippen molar-refractivity contribution in [1.82, 2.24) is 25.6 Å². The molecule has 0 saturated carbocycles. The van der Waals surface area contributed by atoms with E-state index in [0.717, 1.165) is 44.6 Å². The SMILES string of the molecule is Cc1c(C(=O)NCCN2c3ccccc3C[C@H]2C)nnn1C1CCNCC1. The molecule has 1 aromatic heterocycles. The van der Waals surface area contributed by atoms with E-state index in [-0.39, 0.29) is 5.91 Å². The lowest BCUT2D eigenvalue weighted by molar-refractivity contribution is 0.0948. The molecule has 2 aliphatic rings. The Labute approximate surface area is 160 Å². The van der Waals surface area contributed by atoms with Gasteiger partial charge in [-0.05, 0) is 57.8 Å². The number of hydrogen-bond donors (Lipinski definition) is 2. The van der Waals surface area contributed by atoms with Crippen LogP contribution in [0.25, 0.3) is 0 Å². The number of amides is 1. The predicted molar refractivity (Wildman–Crippen MR) is 105 cm³/mol. The summed E-state index contributed by atoms with van der Waals surface area (Å²) in [5.41, 5.74) is 3.98. The maximum absolute atomic E-state index is 12.6. The van der Waals surface area contributed by atoms with E-state index >= 15 is 0 Å². The van der Waals surface area contributed by atoms with Gasteiger partial charge in [-0.1, -0.05) is 23.4 Å². The summed E-state index contributed by atoms with van der Waals surface area (Å²) >= 11 is 0. The first kappa shape index (κ1) is 18.0. The molecule has 1 atom stereocenters. The third kappa shape index (κ3) is 3.56. The summed E-state index contributed by atoms with van der Waals surface area (Å²) in [5, 5.41) is 14.8. The number of benzene rings is 1. The standard InChI is InChI=1S/C20H28N6O/c1-14-13-16-5-3-4-6-18(16)25(14)12-11-22-20(27)19-15(2)26(24-23-19)17-7-9-21-10-8-17/h3-6,14,17,21H,7-13H2,1-2H3,(H,22,27)/t14-/m1/s1. The third-order valence-corrected chi connectivity index (χ3v) is 5.78. The molecule has 0 aliphatic carbocycles. The lowest BCUT2D eigenvalue weighted by atomic mass is 10.1. The number of rotatable bonds is 5. The van der Waals surface area contributed by atoms with Crippen molar-refractivity contribution in [2.24, 2.45) is 0 Å². The van der Waals surface area contributed by atoms with Crippen LogP contribution in [0.2, 0.25) is 0 Å². The van der Waals surface area contributed by atoms with Crippen LogP contribution in [0.15, 0.2) is 24.3 Å². The Hall–Kier alpha value is -2.41. The Morgan fingerprint density at radius 1 is 1.30 bits per heavy atom. The Morgan fingerprint density at radius 2 is 2.07 bits per heavy atom. The van der Waals surface area contributed by atoms with Gasteiger partial charge >= 0.3 is 0 Å². The van der Waals surface area contributed by atoms with Crippen LogP contribution >= 0.6 is 0 Å². The smallest absolute Gasteiger partial charge is 0.273 e. The van der Waals surface area contributed by atoms with Crippen molar-refractivity contribution < 1.29 is 4.79 Å². The van der Waals surface area contributed by atoms with Gasteiger partial charge in [-0.15, -0.1) is 5.10 Å². The van der Waals surface area contributed by atoms with Gasteiger partial charge in [-0.3, -0.25) is 4.79 Å². The van der Waals surface area contributed by atoms with Crippen molar-refractivity contribution in [1.29, 1.82) is 0 Å². The van der Waals surface area contributed by atoms with Gasteiger partial charge in [0.2, 0.25) is 0 Å². The molecule has 2 aromatic rings. The molecule has 1 amide bonds. The molecular weight excluding hydrogens is 340 g/mol. The predicted octanol–water partition coefficient (Wildman–Crippen LogP) is 1.69. The molecule has 27 heavy (non-hydrogen) atoms. The van der Waals surface area contributed by atoms with Gasteiger partial charge in [-0.25, -0.2) is 4.68 Å². The third-order valence-electron chi connectivity index (χ3n) is 5.78. The summed E-state index contributed by atoms with van der Waals surface area (Å²) in [4.78, 5) is 15.0. The molecule has 144 valence electrons. The molecule has 4 rings (SSSR count). The highest BCUT2D eigenvalue weighted by molar-refractivity contribution is 5.93. The number of nitrogens with zero attached hydrogens (tertiary/aromatic N) is 4. The topological polar surface area (TPSA) is 75.1 Å². The second-order valence-electron chi connectivity index (χ2n) is 7.58. The quantitative estimate of drug-likeness (QED) is 0.840. The van der Waals surface area contributed by atoms with E-state index in [2.05, 4.69) is 57.0 Å². The van der Waals surface area contributed by atoms with Crippen LogP contribution < -0.4 is 15.5 Å². The van der Waals surface area contributed by atoms with Crippen molar-refractivity contribution in [3.05, 3.63) is 41.2 Å². The van der Waals surface area contributed by atoms with Crippen LogP contribution in [-0.2, 0) is 6.42 Å². The summed E-state index contributed by atoms with van der Waals surface area (Å²) in [6.07, 6.45) is 3.11. The van der Waals surface area contributed by atoms with Crippen LogP contribution in [-0.4, -0.2) is 53.1 Å². The van der Waals surface area contributed by atoms with Gasteiger partial charge in [0.1, 0.15) is 0 Å². The highest BCUT2D eigenvalue weighted by Crippen LogP contribution is 2.31. The fraction of sp³-hybridized carbons (Fsp3) is 0.550. The summed E-state index contributed by atoms with van der Waals surface area (Å²) < 4.78 is 1.93. The highest BCUT2D eigenvalue weighted by atomic mass is 16.2. The number of nitrogens with one attached hydrogen (secondary N) is 2. The van der Waals surface area contributed by atoms with Crippen LogP contribution in [0, 0.1) is 6.92 Å². The fourth-order valence-corrected chi connectivity index (χ4v) is 4.29. The Bertz CT molecular complexity index is 811. The Kier molecular flexibility index (Phi) is 5.11. The summed E-state index contributed by atoms with van der Waals surface area (Å²) in [7, 11) is 0. The Morgan fingerprint density at radius 3 is 2.89 bits per heavy atom. The Balaban J connectivity index is 1.36. The normalized spacial score (nSPS) is 19.9. The average molecular weight is 368 g/mol. The molecule has 1 saturated heterocycles. The first-order valence-corrected chi connectivity index (χ1v) is 9.90. The fourth-order valence-electron chi connectivity index (χ4n) is 4.29. The van der Waals surface area contributed by atoms with Crippen LogP contribution in [0.4, 0.5) is 5.69 Å². The molecule has 3 heterocycles. The van der Waals surface area contributed by atoms with E-state index in [4.69, 9.17) is 0 Å². The number of anilines is 1. The van der Waals surface area contributed by atoms with Gasteiger partial charge in [0.05, 0.1) is 11.7 Å². The maximum atomic E-state index is 12.6. The van der Waals surface area contributed by atoms with E-state index in [1.807, 2.05) is 11.6 Å². The number of fused-ring (bicyclic) bond motifs is 1. The summed E-state index contributed by atoms with van der Waals surface area (Å²) in [6.45, 7) is 7.54. The zero-order chi connectivity index (χ0) is 18.8. The van der Waals surface area contributed by atoms with Crippen LogP contribution in [0.3, 0.4) is 0 Å². The van der Waals surface area contributed by atoms with Crippen molar-refractivity contribution >= 4 is 11.6 Å². The lowest BCUT2D eigenvalue weighted by Gasteiger charge is -2.25. The van der Waals surface area contributed by atoms with E-state index < -0.39 is 0 Å². The number of carbonyl (C=O) groups excluding carboxylic acids is 1. The number of para-hydroxylation sites is 1. The van der Waals surface area contributed by atoms with Gasteiger partial charge in [0, 0.05) is 24.8 Å². The molecule has 2 aliphatic heterocycles. The zero-order valence-electron chi connectivity index (χ0n) is 16.1. The van der Waals surface area contributed by atoms with Crippen molar-refractivity contribution in [2.75, 3.05) is 31.1 Å². The van der Waals surface area contributed by atoms with E-state index in [1.165, 1.54) is 11.3 Å². The number of hydrogen-bond acceptors (Lipinski definition) is 5. The van der Waals surface area contributed by atoms with Crippen molar-refractivity contribution in [3.8, 4) is 0 Å². The first-order valence-electron chi connectivity index (χ1n) is 9.90. The number of piperidine rings is 1. The maximum Gasteiger partial charge on any atom is 0.273 e. The molecule has 1 aromatic carbocycles. The molecular formula is C20H28N6O. The average Bonchev–Trinajstić information content (AvgIpc) is 3.22. The van der Waals surface area contributed by atoms with Gasteiger partial charge in [0.15, 0.2) is 5.69 Å². The van der Waals surface area contributed by atoms with Crippen LogP contribution in [0.5, 0.6) is 0 Å². The molecule has 0 bridgehead atoms. The molecule has 0 unspecified atom stereocenters. The molecule has 7 nitrogen and oxygen atoms in total. The minimum atomic E-state index is -0.132. The van der Waals surface area contributed by atoms with Gasteiger partial charge in [0.25, 0.3) is 5.91 Å². The van der Waals surface area contributed by atoms with Gasteiger partial charge < -0.3 is 15.5 Å². The first-order chi connectivity index (χ1) is 13.1. The molecule has 1 fully saturated rings. The molecule has 0 radical (unpaired) electrons. The molecule has 2 N–H and O–H groups in total. The second kappa shape index (κ2) is 7.68.